The van der Waals surface area contributed by atoms with Crippen LogP contribution in [0, 0.1) is 0 Å². The smallest absolute Gasteiger partial charge is 0.191 e. The molecule has 2 aromatic carbocycles. The Hall–Kier alpha value is -1.80. The number of rotatable bonds is 7. The molecule has 152 valence electrons. The highest BCUT2D eigenvalue weighted by Crippen LogP contribution is 2.19. The van der Waals surface area contributed by atoms with Crippen LogP contribution < -0.4 is 15.5 Å². The lowest BCUT2D eigenvalue weighted by Crippen LogP contribution is -2.44. The van der Waals surface area contributed by atoms with E-state index in [0.29, 0.717) is 19.2 Å². The third-order valence-electron chi connectivity index (χ3n) is 4.82. The van der Waals surface area contributed by atoms with Crippen molar-refractivity contribution in [3.05, 3.63) is 65.7 Å². The van der Waals surface area contributed by atoms with Crippen molar-refractivity contribution in [2.24, 2.45) is 4.99 Å². The minimum atomic E-state index is 0. The number of anilines is 1. The second-order valence-electron chi connectivity index (χ2n) is 6.81. The van der Waals surface area contributed by atoms with Crippen LogP contribution >= 0.6 is 24.0 Å². The zero-order chi connectivity index (χ0) is 18.9. The summed E-state index contributed by atoms with van der Waals surface area (Å²) in [6.45, 7) is 6.27. The van der Waals surface area contributed by atoms with Crippen LogP contribution in [-0.2, 0) is 17.9 Å². The molecular weight excluding hydrogens is 463 g/mol. The standard InChI is InChI=1S/C22H30N4O.HI/c1-3-23-22(24-15-18-9-7-8-10-19(18)17-27-2)25-20-13-14-26(16-20)21-11-5-4-6-12-21;/h4-12,20H,3,13-17H2,1-2H3,(H2,23,24,25);1H. The molecule has 0 bridgehead atoms. The van der Waals surface area contributed by atoms with E-state index in [1.807, 2.05) is 6.07 Å². The molecular formula is C22H31IN4O. The van der Waals surface area contributed by atoms with Gasteiger partial charge in [0, 0.05) is 38.5 Å². The molecule has 0 amide bonds. The van der Waals surface area contributed by atoms with Crippen LogP contribution in [0.4, 0.5) is 5.69 Å². The van der Waals surface area contributed by atoms with E-state index in [4.69, 9.17) is 9.73 Å². The fourth-order valence-corrected chi connectivity index (χ4v) is 3.44. The van der Waals surface area contributed by atoms with Crippen LogP contribution in [-0.4, -0.2) is 38.7 Å². The molecule has 1 heterocycles. The number of halogens is 1. The van der Waals surface area contributed by atoms with Crippen molar-refractivity contribution in [3.8, 4) is 0 Å². The Bertz CT molecular complexity index is 738. The summed E-state index contributed by atoms with van der Waals surface area (Å²) in [6, 6.07) is 19.3. The number of aliphatic imine (C=N–C) groups is 1. The number of nitrogens with zero attached hydrogens (tertiary/aromatic N) is 2. The van der Waals surface area contributed by atoms with Crippen molar-refractivity contribution in [2.75, 3.05) is 31.6 Å². The SMILES string of the molecule is CCNC(=NCc1ccccc1COC)NC1CCN(c2ccccc2)C1.I. The van der Waals surface area contributed by atoms with Crippen molar-refractivity contribution in [3.63, 3.8) is 0 Å². The summed E-state index contributed by atoms with van der Waals surface area (Å²) in [7, 11) is 1.73. The maximum atomic E-state index is 5.30. The summed E-state index contributed by atoms with van der Waals surface area (Å²) in [5, 5.41) is 6.98. The molecule has 28 heavy (non-hydrogen) atoms. The largest absolute Gasteiger partial charge is 0.380 e. The Balaban J connectivity index is 0.00000280. The summed E-state index contributed by atoms with van der Waals surface area (Å²) in [5.74, 6) is 0.879. The summed E-state index contributed by atoms with van der Waals surface area (Å²) >= 11 is 0. The number of hydrogen-bond donors (Lipinski definition) is 2. The Morgan fingerprint density at radius 3 is 2.54 bits per heavy atom. The van der Waals surface area contributed by atoms with E-state index in [-0.39, 0.29) is 24.0 Å². The average molecular weight is 494 g/mol. The Morgan fingerprint density at radius 1 is 1.11 bits per heavy atom. The Kier molecular flexibility index (Phi) is 9.57. The first kappa shape index (κ1) is 22.5. The van der Waals surface area contributed by atoms with Gasteiger partial charge in [0.05, 0.1) is 13.2 Å². The molecule has 3 rings (SSSR count). The van der Waals surface area contributed by atoms with E-state index in [1.54, 1.807) is 7.11 Å². The quantitative estimate of drug-likeness (QED) is 0.350. The predicted octanol–water partition coefficient (Wildman–Crippen LogP) is 3.79. The van der Waals surface area contributed by atoms with Gasteiger partial charge in [-0.1, -0.05) is 42.5 Å². The van der Waals surface area contributed by atoms with Crippen molar-refractivity contribution in [2.45, 2.75) is 32.5 Å². The second-order valence-corrected chi connectivity index (χ2v) is 6.81. The maximum absolute atomic E-state index is 5.30. The lowest BCUT2D eigenvalue weighted by atomic mass is 10.1. The van der Waals surface area contributed by atoms with E-state index in [1.165, 1.54) is 16.8 Å². The van der Waals surface area contributed by atoms with Gasteiger partial charge >= 0.3 is 0 Å². The van der Waals surface area contributed by atoms with Crippen molar-refractivity contribution in [1.29, 1.82) is 0 Å². The lowest BCUT2D eigenvalue weighted by Gasteiger charge is -2.20. The van der Waals surface area contributed by atoms with E-state index >= 15 is 0 Å². The summed E-state index contributed by atoms with van der Waals surface area (Å²) < 4.78 is 5.30. The number of ether oxygens (including phenoxy) is 1. The number of para-hydroxylation sites is 1. The number of guanidine groups is 1. The predicted molar refractivity (Wildman–Crippen MR) is 128 cm³/mol. The minimum Gasteiger partial charge on any atom is -0.380 e. The molecule has 0 spiro atoms. The van der Waals surface area contributed by atoms with Crippen LogP contribution in [0.3, 0.4) is 0 Å². The van der Waals surface area contributed by atoms with Gasteiger partial charge in [0.15, 0.2) is 5.96 Å². The van der Waals surface area contributed by atoms with Gasteiger partial charge in [-0.15, -0.1) is 24.0 Å². The van der Waals surface area contributed by atoms with Crippen LogP contribution in [0.15, 0.2) is 59.6 Å². The van der Waals surface area contributed by atoms with Gasteiger partial charge in [-0.3, -0.25) is 0 Å². The van der Waals surface area contributed by atoms with Gasteiger partial charge in [-0.05, 0) is 36.6 Å². The van der Waals surface area contributed by atoms with Crippen LogP contribution in [0.5, 0.6) is 0 Å². The van der Waals surface area contributed by atoms with Gasteiger partial charge in [-0.25, -0.2) is 4.99 Å². The molecule has 0 aromatic heterocycles. The fourth-order valence-electron chi connectivity index (χ4n) is 3.44. The molecule has 1 saturated heterocycles. The highest BCUT2D eigenvalue weighted by atomic mass is 127. The Labute approximate surface area is 185 Å². The normalized spacial score (nSPS) is 16.6. The summed E-state index contributed by atoms with van der Waals surface area (Å²) in [5.41, 5.74) is 3.68. The third-order valence-corrected chi connectivity index (χ3v) is 4.82. The first-order valence-corrected chi connectivity index (χ1v) is 9.70. The number of methoxy groups -OCH3 is 1. The molecule has 1 atom stereocenters. The highest BCUT2D eigenvalue weighted by Gasteiger charge is 2.23. The van der Waals surface area contributed by atoms with Gasteiger partial charge in [-0.2, -0.15) is 0 Å². The first-order valence-electron chi connectivity index (χ1n) is 9.70. The molecule has 1 aliphatic heterocycles. The summed E-state index contributed by atoms with van der Waals surface area (Å²) in [6.07, 6.45) is 1.11. The molecule has 0 saturated carbocycles. The van der Waals surface area contributed by atoms with E-state index < -0.39 is 0 Å². The number of hydrogen-bond acceptors (Lipinski definition) is 3. The topological polar surface area (TPSA) is 48.9 Å². The number of nitrogens with one attached hydrogen (secondary N) is 2. The molecule has 2 aromatic rings. The average Bonchev–Trinajstić information content (AvgIpc) is 3.17. The molecule has 5 nitrogen and oxygen atoms in total. The monoisotopic (exact) mass is 494 g/mol. The highest BCUT2D eigenvalue weighted by molar-refractivity contribution is 14.0. The van der Waals surface area contributed by atoms with Gasteiger partial charge < -0.3 is 20.3 Å². The van der Waals surface area contributed by atoms with Crippen LogP contribution in [0.1, 0.15) is 24.5 Å². The minimum absolute atomic E-state index is 0. The lowest BCUT2D eigenvalue weighted by molar-refractivity contribution is 0.184. The van der Waals surface area contributed by atoms with Crippen molar-refractivity contribution in [1.82, 2.24) is 10.6 Å². The molecule has 1 fully saturated rings. The van der Waals surface area contributed by atoms with E-state index in [2.05, 4.69) is 71.0 Å². The molecule has 1 aliphatic rings. The van der Waals surface area contributed by atoms with E-state index in [0.717, 1.165) is 32.0 Å². The second kappa shape index (κ2) is 11.9. The summed E-state index contributed by atoms with van der Waals surface area (Å²) in [4.78, 5) is 7.23. The zero-order valence-corrected chi connectivity index (χ0v) is 19.1. The Morgan fingerprint density at radius 2 is 1.82 bits per heavy atom. The maximum Gasteiger partial charge on any atom is 0.191 e. The molecule has 2 N–H and O–H groups in total. The molecule has 1 unspecified atom stereocenters. The number of benzene rings is 2. The van der Waals surface area contributed by atoms with Gasteiger partial charge in [0.25, 0.3) is 0 Å². The van der Waals surface area contributed by atoms with Crippen LogP contribution in [0.2, 0.25) is 0 Å². The van der Waals surface area contributed by atoms with Crippen molar-refractivity contribution >= 4 is 35.6 Å². The zero-order valence-electron chi connectivity index (χ0n) is 16.7. The molecule has 0 radical (unpaired) electrons. The third kappa shape index (κ3) is 6.38. The molecule has 0 aliphatic carbocycles. The van der Waals surface area contributed by atoms with Gasteiger partial charge in [0.2, 0.25) is 0 Å². The van der Waals surface area contributed by atoms with E-state index in [9.17, 15) is 0 Å². The van der Waals surface area contributed by atoms with Gasteiger partial charge in [0.1, 0.15) is 0 Å². The fraction of sp³-hybridized carbons (Fsp3) is 0.409. The molecule has 6 heteroatoms. The van der Waals surface area contributed by atoms with Crippen LogP contribution in [0.25, 0.3) is 0 Å². The first-order chi connectivity index (χ1) is 13.3. The van der Waals surface area contributed by atoms with Crippen molar-refractivity contribution < 1.29 is 4.74 Å².